The Bertz CT molecular complexity index is 323. The van der Waals surface area contributed by atoms with Gasteiger partial charge in [-0.05, 0) is 19.3 Å². The maximum atomic E-state index is 11.2. The number of hydrogen-bond acceptors (Lipinski definition) is 3. The molecule has 1 aromatic heterocycles. The van der Waals surface area contributed by atoms with Gasteiger partial charge in [-0.3, -0.25) is 0 Å². The Kier molecular flexibility index (Phi) is 6.55. The van der Waals surface area contributed by atoms with Gasteiger partial charge in [0.15, 0.2) is 0 Å². The maximum Gasteiger partial charge on any atom is 0.407 e. The molecule has 0 bridgehead atoms. The molecule has 0 radical (unpaired) electrons. The molecule has 17 heavy (non-hydrogen) atoms. The van der Waals surface area contributed by atoms with Crippen molar-refractivity contribution in [3.05, 3.63) is 31.4 Å². The van der Waals surface area contributed by atoms with Crippen LogP contribution in [0.3, 0.4) is 0 Å². The highest BCUT2D eigenvalue weighted by Crippen LogP contribution is 1.92. The van der Waals surface area contributed by atoms with Gasteiger partial charge in [0.1, 0.15) is 0 Å². The van der Waals surface area contributed by atoms with Crippen molar-refractivity contribution in [3.8, 4) is 0 Å². The highest BCUT2D eigenvalue weighted by Gasteiger charge is 1.99. The molecule has 1 rings (SSSR count). The van der Waals surface area contributed by atoms with Crippen molar-refractivity contribution in [2.45, 2.75) is 25.8 Å². The molecule has 0 aromatic carbocycles. The van der Waals surface area contributed by atoms with Gasteiger partial charge in [-0.2, -0.15) is 0 Å². The lowest BCUT2D eigenvalue weighted by atomic mass is 10.3. The zero-order chi connectivity index (χ0) is 12.3. The van der Waals surface area contributed by atoms with E-state index < -0.39 is 0 Å². The summed E-state index contributed by atoms with van der Waals surface area (Å²) in [5.41, 5.74) is 0. The van der Waals surface area contributed by atoms with Gasteiger partial charge in [-0.1, -0.05) is 6.08 Å². The summed E-state index contributed by atoms with van der Waals surface area (Å²) in [6, 6.07) is 0. The van der Waals surface area contributed by atoms with Crippen LogP contribution < -0.4 is 5.32 Å². The predicted molar refractivity (Wildman–Crippen MR) is 65.6 cm³/mol. The number of aryl methyl sites for hydroxylation is 1. The van der Waals surface area contributed by atoms with Gasteiger partial charge in [0, 0.05) is 25.5 Å². The summed E-state index contributed by atoms with van der Waals surface area (Å²) in [5, 5.41) is 2.68. The number of rotatable bonds is 8. The first kappa shape index (κ1) is 13.3. The van der Waals surface area contributed by atoms with Gasteiger partial charge in [0.2, 0.25) is 0 Å². The van der Waals surface area contributed by atoms with E-state index in [0.717, 1.165) is 25.8 Å². The molecule has 0 aliphatic carbocycles. The smallest absolute Gasteiger partial charge is 0.407 e. The molecular formula is C12H19N3O2. The van der Waals surface area contributed by atoms with Crippen LogP contribution in [0.15, 0.2) is 31.4 Å². The summed E-state index contributed by atoms with van der Waals surface area (Å²) >= 11 is 0. The number of aromatic nitrogens is 2. The topological polar surface area (TPSA) is 56.1 Å². The van der Waals surface area contributed by atoms with E-state index in [1.807, 2.05) is 16.8 Å². The van der Waals surface area contributed by atoms with Crippen LogP contribution in [0.1, 0.15) is 19.3 Å². The van der Waals surface area contributed by atoms with Crippen molar-refractivity contribution >= 4 is 6.09 Å². The SMILES string of the molecule is C=CCCCNC(=O)OCCCn1ccnc1. The molecule has 0 aliphatic rings. The average molecular weight is 237 g/mol. The number of imidazole rings is 1. The molecule has 1 aromatic rings. The van der Waals surface area contributed by atoms with Crippen LogP contribution in [0.4, 0.5) is 4.79 Å². The molecule has 0 atom stereocenters. The Morgan fingerprint density at radius 2 is 2.41 bits per heavy atom. The summed E-state index contributed by atoms with van der Waals surface area (Å²) in [4.78, 5) is 15.1. The van der Waals surface area contributed by atoms with E-state index >= 15 is 0 Å². The van der Waals surface area contributed by atoms with E-state index in [-0.39, 0.29) is 6.09 Å². The fourth-order valence-corrected chi connectivity index (χ4v) is 1.32. The third-order valence-corrected chi connectivity index (χ3v) is 2.21. The molecule has 5 nitrogen and oxygen atoms in total. The fourth-order valence-electron chi connectivity index (χ4n) is 1.32. The maximum absolute atomic E-state index is 11.2. The van der Waals surface area contributed by atoms with E-state index in [4.69, 9.17) is 4.74 Å². The summed E-state index contributed by atoms with van der Waals surface area (Å²) in [6.07, 6.45) is 9.43. The normalized spacial score (nSPS) is 9.88. The van der Waals surface area contributed by atoms with E-state index in [1.165, 1.54) is 0 Å². The zero-order valence-electron chi connectivity index (χ0n) is 9.97. The highest BCUT2D eigenvalue weighted by atomic mass is 16.5. The van der Waals surface area contributed by atoms with Gasteiger partial charge in [0.25, 0.3) is 0 Å². The highest BCUT2D eigenvalue weighted by molar-refractivity contribution is 5.66. The third-order valence-electron chi connectivity index (χ3n) is 2.21. The first-order valence-electron chi connectivity index (χ1n) is 5.80. The van der Waals surface area contributed by atoms with E-state index in [1.54, 1.807) is 12.5 Å². The summed E-state index contributed by atoms with van der Waals surface area (Å²) in [7, 11) is 0. The van der Waals surface area contributed by atoms with Gasteiger partial charge < -0.3 is 14.6 Å². The molecule has 94 valence electrons. The standard InChI is InChI=1S/C12H19N3O2/c1-2-3-4-6-14-12(16)17-10-5-8-15-9-7-13-11-15/h2,7,9,11H,1,3-6,8,10H2,(H,14,16). The molecule has 0 saturated carbocycles. The number of ether oxygens (including phenoxy) is 1. The van der Waals surface area contributed by atoms with Crippen LogP contribution in [0.2, 0.25) is 0 Å². The van der Waals surface area contributed by atoms with Gasteiger partial charge >= 0.3 is 6.09 Å². The number of carbonyl (C=O) groups excluding carboxylic acids is 1. The monoisotopic (exact) mass is 237 g/mol. The lowest BCUT2D eigenvalue weighted by Crippen LogP contribution is -2.25. The minimum atomic E-state index is -0.348. The van der Waals surface area contributed by atoms with Gasteiger partial charge in [0.05, 0.1) is 12.9 Å². The Morgan fingerprint density at radius 1 is 1.53 bits per heavy atom. The van der Waals surface area contributed by atoms with Crippen LogP contribution in [-0.2, 0) is 11.3 Å². The molecule has 1 heterocycles. The fraction of sp³-hybridized carbons (Fsp3) is 0.500. The van der Waals surface area contributed by atoms with Crippen molar-refractivity contribution in [1.29, 1.82) is 0 Å². The number of carbonyl (C=O) groups is 1. The Hall–Kier alpha value is -1.78. The Morgan fingerprint density at radius 3 is 3.12 bits per heavy atom. The second-order valence-corrected chi connectivity index (χ2v) is 3.65. The lowest BCUT2D eigenvalue weighted by molar-refractivity contribution is 0.143. The molecule has 0 spiro atoms. The minimum Gasteiger partial charge on any atom is -0.449 e. The third kappa shape index (κ3) is 6.40. The van der Waals surface area contributed by atoms with Crippen molar-refractivity contribution in [2.75, 3.05) is 13.2 Å². The number of nitrogens with zero attached hydrogens (tertiary/aromatic N) is 2. The number of amides is 1. The second-order valence-electron chi connectivity index (χ2n) is 3.65. The molecule has 1 amide bonds. The van der Waals surface area contributed by atoms with Crippen molar-refractivity contribution in [2.24, 2.45) is 0 Å². The van der Waals surface area contributed by atoms with Crippen molar-refractivity contribution in [1.82, 2.24) is 14.9 Å². The molecule has 0 saturated heterocycles. The summed E-state index contributed by atoms with van der Waals surface area (Å²) in [5.74, 6) is 0. The first-order chi connectivity index (χ1) is 8.33. The van der Waals surface area contributed by atoms with Crippen LogP contribution in [0, 0.1) is 0 Å². The van der Waals surface area contributed by atoms with Gasteiger partial charge in [-0.15, -0.1) is 6.58 Å². The average Bonchev–Trinajstić information content (AvgIpc) is 2.83. The van der Waals surface area contributed by atoms with Gasteiger partial charge in [-0.25, -0.2) is 9.78 Å². The summed E-state index contributed by atoms with van der Waals surface area (Å²) < 4.78 is 6.96. The first-order valence-corrected chi connectivity index (χ1v) is 5.80. The second kappa shape index (κ2) is 8.38. The van der Waals surface area contributed by atoms with E-state index in [2.05, 4.69) is 16.9 Å². The van der Waals surface area contributed by atoms with Crippen molar-refractivity contribution < 1.29 is 9.53 Å². The molecular weight excluding hydrogens is 218 g/mol. The van der Waals surface area contributed by atoms with Crippen LogP contribution in [-0.4, -0.2) is 28.8 Å². The molecule has 1 N–H and O–H groups in total. The van der Waals surface area contributed by atoms with Crippen LogP contribution in [0.5, 0.6) is 0 Å². The lowest BCUT2D eigenvalue weighted by Gasteiger charge is -2.06. The largest absolute Gasteiger partial charge is 0.449 e. The quantitative estimate of drug-likeness (QED) is 0.555. The summed E-state index contributed by atoms with van der Waals surface area (Å²) in [6.45, 7) is 5.47. The van der Waals surface area contributed by atoms with Crippen LogP contribution >= 0.6 is 0 Å². The molecule has 0 fully saturated rings. The van der Waals surface area contributed by atoms with E-state index in [0.29, 0.717) is 13.2 Å². The van der Waals surface area contributed by atoms with E-state index in [9.17, 15) is 4.79 Å². The molecule has 0 unspecified atom stereocenters. The Labute approximate surface area is 101 Å². The number of allylic oxidation sites excluding steroid dienone is 1. The minimum absolute atomic E-state index is 0.348. The van der Waals surface area contributed by atoms with Crippen LogP contribution in [0.25, 0.3) is 0 Å². The number of nitrogens with one attached hydrogen (secondary N) is 1. The Balaban J connectivity index is 1.95. The number of alkyl carbamates (subject to hydrolysis) is 1. The zero-order valence-corrected chi connectivity index (χ0v) is 9.97. The molecule has 0 aliphatic heterocycles. The molecule has 5 heteroatoms. The number of unbranched alkanes of at least 4 members (excludes halogenated alkanes) is 1. The number of hydrogen-bond donors (Lipinski definition) is 1. The predicted octanol–water partition coefficient (Wildman–Crippen LogP) is 1.97. The van der Waals surface area contributed by atoms with Crippen molar-refractivity contribution in [3.63, 3.8) is 0 Å².